The fourth-order valence-corrected chi connectivity index (χ4v) is 4.83. The highest BCUT2D eigenvalue weighted by atomic mass is 32.1. The summed E-state index contributed by atoms with van der Waals surface area (Å²) >= 11 is 5.17. The first-order valence-electron chi connectivity index (χ1n) is 10.6. The Kier molecular flexibility index (Phi) is 5.41. The molecule has 2 amide bonds. The number of para-hydroxylation sites is 1. The number of benzene rings is 2. The number of nitrogens with one attached hydrogen (secondary N) is 1. The molecule has 166 valence electrons. The summed E-state index contributed by atoms with van der Waals surface area (Å²) < 4.78 is 14.4. The number of carbonyl (C=O) groups excluding carboxylic acids is 2. The smallest absolute Gasteiger partial charge is 0.270 e. The van der Waals surface area contributed by atoms with Crippen LogP contribution in [0.15, 0.2) is 42.0 Å². The van der Waals surface area contributed by atoms with Crippen molar-refractivity contribution >= 4 is 46.6 Å². The van der Waals surface area contributed by atoms with Crippen LogP contribution in [-0.4, -0.2) is 29.5 Å². The Balaban J connectivity index is 1.79. The van der Waals surface area contributed by atoms with Gasteiger partial charge in [-0.05, 0) is 92.4 Å². The van der Waals surface area contributed by atoms with Crippen molar-refractivity contribution in [1.82, 2.24) is 5.32 Å². The minimum absolute atomic E-state index is 0.00745. The van der Waals surface area contributed by atoms with E-state index in [0.717, 1.165) is 28.1 Å². The van der Waals surface area contributed by atoms with Gasteiger partial charge in [-0.15, -0.1) is 0 Å². The van der Waals surface area contributed by atoms with E-state index in [-0.39, 0.29) is 21.9 Å². The van der Waals surface area contributed by atoms with Gasteiger partial charge >= 0.3 is 0 Å². The van der Waals surface area contributed by atoms with Crippen molar-refractivity contribution in [2.24, 2.45) is 0 Å². The van der Waals surface area contributed by atoms with Crippen LogP contribution in [0.2, 0.25) is 0 Å². The molecule has 0 spiro atoms. The van der Waals surface area contributed by atoms with Gasteiger partial charge < -0.3 is 4.90 Å². The van der Waals surface area contributed by atoms with Gasteiger partial charge in [-0.25, -0.2) is 9.29 Å². The van der Waals surface area contributed by atoms with Crippen molar-refractivity contribution < 1.29 is 14.0 Å². The number of hydrogen-bond donors (Lipinski definition) is 1. The molecule has 2 aromatic carbocycles. The highest BCUT2D eigenvalue weighted by Crippen LogP contribution is 2.43. The van der Waals surface area contributed by atoms with Gasteiger partial charge in [0.05, 0.1) is 5.69 Å². The number of aryl methyl sites for hydroxylation is 1. The molecule has 7 heteroatoms. The molecule has 0 aromatic heterocycles. The molecule has 5 nitrogen and oxygen atoms in total. The number of nitrogens with zero attached hydrogens (tertiary/aromatic N) is 2. The highest BCUT2D eigenvalue weighted by Gasteiger charge is 2.37. The number of rotatable bonds is 2. The number of hydrogen-bond acceptors (Lipinski definition) is 4. The second-order valence-electron chi connectivity index (χ2n) is 9.15. The van der Waals surface area contributed by atoms with Crippen molar-refractivity contribution in [3.63, 3.8) is 0 Å². The SMILES string of the molecule is Cc1cc2c(cc1/C=C1\C(=O)NC(=S)N(c3ccccc3F)C1=O)C(C)CC(C)(C)N2C. The first-order valence-corrected chi connectivity index (χ1v) is 11.0. The summed E-state index contributed by atoms with van der Waals surface area (Å²) in [4.78, 5) is 29.2. The maximum absolute atomic E-state index is 14.4. The molecule has 2 aliphatic rings. The van der Waals surface area contributed by atoms with E-state index in [9.17, 15) is 14.0 Å². The Morgan fingerprint density at radius 3 is 2.56 bits per heavy atom. The zero-order valence-corrected chi connectivity index (χ0v) is 19.6. The lowest BCUT2D eigenvalue weighted by Crippen LogP contribution is -2.54. The van der Waals surface area contributed by atoms with Crippen molar-refractivity contribution in [2.45, 2.75) is 45.6 Å². The Morgan fingerprint density at radius 2 is 1.88 bits per heavy atom. The lowest BCUT2D eigenvalue weighted by Gasteiger charge is -2.45. The number of thiocarbonyl (C=S) groups is 1. The zero-order chi connectivity index (χ0) is 23.4. The van der Waals surface area contributed by atoms with Gasteiger partial charge in [-0.1, -0.05) is 19.1 Å². The Morgan fingerprint density at radius 1 is 1.19 bits per heavy atom. The minimum Gasteiger partial charge on any atom is -0.369 e. The van der Waals surface area contributed by atoms with Crippen molar-refractivity contribution in [2.75, 3.05) is 16.8 Å². The molecule has 0 saturated carbocycles. The summed E-state index contributed by atoms with van der Waals surface area (Å²) in [7, 11) is 2.09. The lowest BCUT2D eigenvalue weighted by atomic mass is 9.79. The van der Waals surface area contributed by atoms with Crippen LogP contribution in [0.4, 0.5) is 15.8 Å². The van der Waals surface area contributed by atoms with Crippen molar-refractivity contribution in [1.29, 1.82) is 0 Å². The van der Waals surface area contributed by atoms with E-state index in [0.29, 0.717) is 5.92 Å². The predicted octanol–water partition coefficient (Wildman–Crippen LogP) is 4.69. The standard InChI is InChI=1S/C25H26FN3O2S/c1-14-10-21-17(15(2)13-25(3,4)28(21)5)11-16(14)12-18-22(30)27-24(32)29(23(18)31)20-9-7-6-8-19(20)26/h6-12,15H,13H2,1-5H3,(H,27,30,32)/b18-12+. The maximum Gasteiger partial charge on any atom is 0.270 e. The van der Waals surface area contributed by atoms with Gasteiger partial charge in [0.15, 0.2) is 5.11 Å². The highest BCUT2D eigenvalue weighted by molar-refractivity contribution is 7.80. The quantitative estimate of drug-likeness (QED) is 0.409. The van der Waals surface area contributed by atoms with E-state index in [4.69, 9.17) is 12.2 Å². The third-order valence-electron chi connectivity index (χ3n) is 6.52. The fraction of sp³-hybridized carbons (Fsp3) is 0.320. The fourth-order valence-electron chi connectivity index (χ4n) is 4.55. The third kappa shape index (κ3) is 3.60. The van der Waals surface area contributed by atoms with E-state index in [2.05, 4.69) is 50.2 Å². The van der Waals surface area contributed by atoms with E-state index in [1.165, 1.54) is 23.8 Å². The van der Waals surface area contributed by atoms with Crippen LogP contribution in [0.3, 0.4) is 0 Å². The third-order valence-corrected chi connectivity index (χ3v) is 6.80. The molecule has 0 radical (unpaired) electrons. The molecular formula is C25H26FN3O2S. The Hall–Kier alpha value is -3.06. The summed E-state index contributed by atoms with van der Waals surface area (Å²) in [6, 6.07) is 10.00. The van der Waals surface area contributed by atoms with Crippen LogP contribution in [-0.2, 0) is 9.59 Å². The number of halogens is 1. The molecule has 1 saturated heterocycles. The topological polar surface area (TPSA) is 52.7 Å². The molecule has 1 atom stereocenters. The summed E-state index contributed by atoms with van der Waals surface area (Å²) in [6.45, 7) is 8.60. The van der Waals surface area contributed by atoms with Crippen molar-refractivity contribution in [3.05, 3.63) is 64.5 Å². The number of amides is 2. The largest absolute Gasteiger partial charge is 0.369 e. The number of fused-ring (bicyclic) bond motifs is 1. The normalized spacial score (nSPS) is 21.6. The van der Waals surface area contributed by atoms with E-state index in [1.54, 1.807) is 12.1 Å². The summed E-state index contributed by atoms with van der Waals surface area (Å²) in [6.07, 6.45) is 2.57. The number of anilines is 2. The average molecular weight is 452 g/mol. The first-order chi connectivity index (χ1) is 15.0. The van der Waals surface area contributed by atoms with Gasteiger partial charge in [-0.3, -0.25) is 14.9 Å². The van der Waals surface area contributed by atoms with Crippen LogP contribution in [0.5, 0.6) is 0 Å². The first kappa shape index (κ1) is 22.1. The van der Waals surface area contributed by atoms with Crippen LogP contribution in [0.25, 0.3) is 6.08 Å². The second-order valence-corrected chi connectivity index (χ2v) is 9.54. The molecule has 0 aliphatic carbocycles. The molecule has 1 unspecified atom stereocenters. The molecular weight excluding hydrogens is 425 g/mol. The average Bonchev–Trinajstić information content (AvgIpc) is 2.71. The van der Waals surface area contributed by atoms with Gasteiger partial charge in [-0.2, -0.15) is 0 Å². The molecule has 2 aromatic rings. The van der Waals surface area contributed by atoms with Gasteiger partial charge in [0, 0.05) is 18.3 Å². The molecule has 1 fully saturated rings. The van der Waals surface area contributed by atoms with Gasteiger partial charge in [0.1, 0.15) is 11.4 Å². The molecule has 4 rings (SSSR count). The van der Waals surface area contributed by atoms with Crippen LogP contribution in [0, 0.1) is 12.7 Å². The lowest BCUT2D eigenvalue weighted by molar-refractivity contribution is -0.122. The predicted molar refractivity (Wildman–Crippen MR) is 129 cm³/mol. The molecule has 2 heterocycles. The van der Waals surface area contributed by atoms with E-state index >= 15 is 0 Å². The van der Waals surface area contributed by atoms with Crippen LogP contribution < -0.4 is 15.1 Å². The molecule has 1 N–H and O–H groups in total. The second kappa shape index (κ2) is 7.81. The summed E-state index contributed by atoms with van der Waals surface area (Å²) in [5.41, 5.74) is 4.02. The van der Waals surface area contributed by atoms with Crippen molar-refractivity contribution in [3.8, 4) is 0 Å². The number of carbonyl (C=O) groups is 2. The van der Waals surface area contributed by atoms with Crippen LogP contribution >= 0.6 is 12.2 Å². The van der Waals surface area contributed by atoms with E-state index < -0.39 is 17.6 Å². The Labute approximate surface area is 192 Å². The summed E-state index contributed by atoms with van der Waals surface area (Å²) in [5.74, 6) is -1.50. The van der Waals surface area contributed by atoms with Gasteiger partial charge in [0.2, 0.25) is 0 Å². The van der Waals surface area contributed by atoms with Crippen LogP contribution in [0.1, 0.15) is 49.8 Å². The minimum atomic E-state index is -0.646. The Bertz CT molecular complexity index is 1190. The molecule has 2 aliphatic heterocycles. The van der Waals surface area contributed by atoms with E-state index in [1.807, 2.05) is 6.92 Å². The maximum atomic E-state index is 14.4. The summed E-state index contributed by atoms with van der Waals surface area (Å²) in [5, 5.41) is 2.38. The molecule has 0 bridgehead atoms. The monoisotopic (exact) mass is 451 g/mol. The zero-order valence-electron chi connectivity index (χ0n) is 18.8. The molecule has 32 heavy (non-hydrogen) atoms. The van der Waals surface area contributed by atoms with Gasteiger partial charge in [0.25, 0.3) is 11.8 Å².